The van der Waals surface area contributed by atoms with Gasteiger partial charge in [-0.1, -0.05) is 18.1 Å². The van der Waals surface area contributed by atoms with Crippen LogP contribution in [0.25, 0.3) is 67.0 Å². The molecule has 0 saturated carbocycles. The number of terminal acetylenes is 2. The Bertz CT molecular complexity index is 3820. The molecule has 342 valence electrons. The van der Waals surface area contributed by atoms with Crippen molar-refractivity contribution in [2.75, 3.05) is 11.5 Å². The van der Waals surface area contributed by atoms with Crippen LogP contribution in [-0.4, -0.2) is 59.4 Å². The molecule has 17 nitrogen and oxygen atoms in total. The number of nitrogens with zero attached hydrogens (tertiary/aromatic N) is 12. The number of fused-ring (bicyclic) bond motifs is 2. The average Bonchev–Trinajstić information content (AvgIpc) is 3.89. The predicted molar refractivity (Wildman–Crippen MR) is 256 cm³/mol. The fraction of sp³-hybridized carbons (Fsp3) is 0.118. The number of anilines is 2. The second-order valence-electron chi connectivity index (χ2n) is 15.9. The summed E-state index contributed by atoms with van der Waals surface area (Å²) < 4.78 is 52.2. The van der Waals surface area contributed by atoms with Gasteiger partial charge >= 0.3 is 12.0 Å². The smallest absolute Gasteiger partial charge is 0.322 e. The third kappa shape index (κ3) is 8.02. The number of aryl methyl sites for hydroxylation is 6. The molecule has 0 radical (unpaired) electrons. The summed E-state index contributed by atoms with van der Waals surface area (Å²) in [7, 11) is 0. The summed E-state index contributed by atoms with van der Waals surface area (Å²) >= 11 is 0. The van der Waals surface area contributed by atoms with E-state index in [1.54, 1.807) is 43.5 Å². The van der Waals surface area contributed by atoms with Gasteiger partial charge in [-0.15, -0.1) is 12.8 Å². The van der Waals surface area contributed by atoms with Gasteiger partial charge in [0, 0.05) is 65.2 Å². The number of nitrogen functional groups attached to an aromatic ring is 2. The van der Waals surface area contributed by atoms with Crippen molar-refractivity contribution in [2.24, 2.45) is 0 Å². The molecule has 0 aliphatic rings. The van der Waals surface area contributed by atoms with Gasteiger partial charge in [0.05, 0.1) is 27.9 Å². The molecule has 10 aromatic rings. The van der Waals surface area contributed by atoms with E-state index in [1.165, 1.54) is 49.3 Å². The maximum absolute atomic E-state index is 16.2. The van der Waals surface area contributed by atoms with E-state index >= 15 is 8.78 Å². The molecule has 4 N–H and O–H groups in total. The molecule has 0 atom stereocenters. The van der Waals surface area contributed by atoms with Crippen molar-refractivity contribution in [1.29, 1.82) is 0 Å². The van der Waals surface area contributed by atoms with Crippen molar-refractivity contribution < 1.29 is 22.7 Å². The molecule has 0 aliphatic carbocycles. The quantitative estimate of drug-likeness (QED) is 0.115. The number of halogens is 2. The lowest BCUT2D eigenvalue weighted by molar-refractivity contribution is 0.409. The standard InChI is InChI=1S/C51H36F2N14O3/c1-7-31-19-25(3)33(22-58-31)45-41(43-47(55)60-24-62-49(43)70-45)30-10-12-37(35(53)21-30)69-51-57-17-14-32(66-51)15-18-67-44(39-27(5)64-38(8-2)65-28(39)6)40(42-46(54)59-23-61-48(42)67)29-9-11-36(34(52)20-29)68-50-56-16-13-26(4)63-50/h1-2,9-14,16-17,19-24H,15,18H2,3-6H3,(H2,54,59,61)(H2,55,60,62). The van der Waals surface area contributed by atoms with Crippen LogP contribution < -0.4 is 20.9 Å². The van der Waals surface area contributed by atoms with E-state index in [-0.39, 0.29) is 59.7 Å². The number of ether oxygens (including phenoxy) is 2. The highest BCUT2D eigenvalue weighted by molar-refractivity contribution is 6.08. The van der Waals surface area contributed by atoms with Gasteiger partial charge in [0.25, 0.3) is 0 Å². The number of hydrogen-bond acceptors (Lipinski definition) is 16. The maximum Gasteiger partial charge on any atom is 0.322 e. The molecular formula is C51H36F2N14O3. The monoisotopic (exact) mass is 930 g/mol. The Hall–Kier alpha value is -9.75. The summed E-state index contributed by atoms with van der Waals surface area (Å²) in [6.07, 6.45) is 18.8. The molecule has 0 saturated heterocycles. The van der Waals surface area contributed by atoms with Gasteiger partial charge in [0.1, 0.15) is 41.4 Å². The fourth-order valence-corrected chi connectivity index (χ4v) is 8.31. The minimum atomic E-state index is -0.726. The highest BCUT2D eigenvalue weighted by atomic mass is 19.1. The zero-order valence-corrected chi connectivity index (χ0v) is 37.7. The molecular weight excluding hydrogens is 895 g/mol. The van der Waals surface area contributed by atoms with Crippen molar-refractivity contribution >= 4 is 33.8 Å². The number of nitrogens with two attached hydrogens (primary N) is 2. The third-order valence-electron chi connectivity index (χ3n) is 11.4. The average molecular weight is 931 g/mol. The van der Waals surface area contributed by atoms with Gasteiger partial charge in [-0.2, -0.15) is 4.98 Å². The summed E-state index contributed by atoms with van der Waals surface area (Å²) in [4.78, 5) is 48.3. The van der Waals surface area contributed by atoms with Gasteiger partial charge in [-0.05, 0) is 92.8 Å². The maximum atomic E-state index is 16.2. The Labute approximate surface area is 397 Å². The second kappa shape index (κ2) is 17.8. The molecule has 10 rings (SSSR count). The fourth-order valence-electron chi connectivity index (χ4n) is 8.31. The summed E-state index contributed by atoms with van der Waals surface area (Å²) in [5.74, 6) is 4.23. The van der Waals surface area contributed by atoms with Crippen molar-refractivity contribution in [2.45, 2.75) is 40.7 Å². The summed E-state index contributed by atoms with van der Waals surface area (Å²) in [6.45, 7) is 7.48. The minimum absolute atomic E-state index is 0.00683. The van der Waals surface area contributed by atoms with E-state index in [4.69, 9.17) is 38.2 Å². The van der Waals surface area contributed by atoms with Gasteiger partial charge in [0.15, 0.2) is 23.1 Å². The zero-order valence-electron chi connectivity index (χ0n) is 37.7. The van der Waals surface area contributed by atoms with E-state index < -0.39 is 11.6 Å². The largest absolute Gasteiger partial charge is 0.437 e. The number of aromatic nitrogens is 12. The zero-order chi connectivity index (χ0) is 48.8. The number of furan rings is 1. The van der Waals surface area contributed by atoms with Crippen LogP contribution >= 0.6 is 0 Å². The minimum Gasteiger partial charge on any atom is -0.437 e. The topological polar surface area (TPSA) is 230 Å². The van der Waals surface area contributed by atoms with Gasteiger partial charge in [-0.25, -0.2) is 58.6 Å². The molecule has 0 spiro atoms. The van der Waals surface area contributed by atoms with Crippen LogP contribution in [0.3, 0.4) is 0 Å². The van der Waals surface area contributed by atoms with Crippen LogP contribution in [0.5, 0.6) is 23.5 Å². The highest BCUT2D eigenvalue weighted by Gasteiger charge is 2.28. The third-order valence-corrected chi connectivity index (χ3v) is 11.4. The Morgan fingerprint density at radius 3 is 1.96 bits per heavy atom. The number of rotatable bonds is 11. The molecule has 8 heterocycles. The highest BCUT2D eigenvalue weighted by Crippen LogP contribution is 2.46. The second-order valence-corrected chi connectivity index (χ2v) is 15.9. The van der Waals surface area contributed by atoms with E-state index in [2.05, 4.69) is 66.7 Å². The van der Waals surface area contributed by atoms with Crippen LogP contribution in [0.2, 0.25) is 0 Å². The van der Waals surface area contributed by atoms with E-state index in [0.717, 1.165) is 5.56 Å². The SMILES string of the molecule is C#Cc1cc(C)c(-c2oc3ncnc(N)c3c2-c2ccc(Oc3nccc(CCn4c(-c5c(C)nc(C#C)nc5C)c(-c5ccc(Oc6nccc(C)n6)c(F)c5)c5c(N)ncnc54)n3)c(F)c2)cn1. The molecule has 0 fully saturated rings. The summed E-state index contributed by atoms with van der Waals surface area (Å²) in [6, 6.07) is 13.9. The first kappa shape index (κ1) is 44.1. The molecule has 0 unspecified atom stereocenters. The van der Waals surface area contributed by atoms with E-state index in [1.807, 2.05) is 25.3 Å². The summed E-state index contributed by atoms with van der Waals surface area (Å²) in [5.41, 5.74) is 20.7. The van der Waals surface area contributed by atoms with Crippen LogP contribution in [-0.2, 0) is 13.0 Å². The number of benzene rings is 2. The molecule has 8 aromatic heterocycles. The Morgan fingerprint density at radius 2 is 1.31 bits per heavy atom. The lowest BCUT2D eigenvalue weighted by Crippen LogP contribution is -2.09. The Balaban J connectivity index is 1.000. The van der Waals surface area contributed by atoms with Crippen LogP contribution in [0.4, 0.5) is 20.4 Å². The van der Waals surface area contributed by atoms with Gasteiger partial charge in [0.2, 0.25) is 11.5 Å². The van der Waals surface area contributed by atoms with Crippen LogP contribution in [0, 0.1) is 64.0 Å². The van der Waals surface area contributed by atoms with E-state index in [9.17, 15) is 0 Å². The predicted octanol–water partition coefficient (Wildman–Crippen LogP) is 8.87. The van der Waals surface area contributed by atoms with Crippen LogP contribution in [0.15, 0.2) is 90.3 Å². The molecule has 0 bridgehead atoms. The molecule has 19 heteroatoms. The van der Waals surface area contributed by atoms with Gasteiger partial charge < -0.3 is 29.9 Å². The Kier molecular flexibility index (Phi) is 11.2. The van der Waals surface area contributed by atoms with Crippen molar-refractivity contribution in [3.63, 3.8) is 0 Å². The molecule has 2 aromatic carbocycles. The number of pyridine rings is 1. The summed E-state index contributed by atoms with van der Waals surface area (Å²) in [5, 5.41) is 0.853. The first-order valence-corrected chi connectivity index (χ1v) is 21.4. The molecule has 0 amide bonds. The number of hydrogen-bond donors (Lipinski definition) is 2. The van der Waals surface area contributed by atoms with Crippen molar-refractivity contribution in [3.8, 4) is 93.0 Å². The molecule has 70 heavy (non-hydrogen) atoms. The lowest BCUT2D eigenvalue weighted by atomic mass is 9.97. The lowest BCUT2D eigenvalue weighted by Gasteiger charge is -2.16. The van der Waals surface area contributed by atoms with E-state index in [0.29, 0.717) is 89.7 Å². The Morgan fingerprint density at radius 1 is 0.671 bits per heavy atom. The normalized spacial score (nSPS) is 11.2. The van der Waals surface area contributed by atoms with Crippen molar-refractivity contribution in [3.05, 3.63) is 137 Å². The first-order valence-electron chi connectivity index (χ1n) is 21.4. The molecule has 0 aliphatic heterocycles. The van der Waals surface area contributed by atoms with Crippen LogP contribution in [0.1, 0.15) is 39.9 Å². The van der Waals surface area contributed by atoms with Crippen molar-refractivity contribution in [1.82, 2.24) is 59.4 Å². The first-order chi connectivity index (χ1) is 33.9. The van der Waals surface area contributed by atoms with Gasteiger partial charge in [-0.3, -0.25) is 0 Å².